The summed E-state index contributed by atoms with van der Waals surface area (Å²) in [5, 5.41) is 13.1. The van der Waals surface area contributed by atoms with Crippen LogP contribution in [-0.4, -0.2) is 4.98 Å². The highest BCUT2D eigenvalue weighted by atomic mass is 14.7. The average Bonchev–Trinajstić information content (AvgIpc) is 3.33. The summed E-state index contributed by atoms with van der Waals surface area (Å²) in [6.45, 7) is 0. The van der Waals surface area contributed by atoms with Gasteiger partial charge in [0.15, 0.2) is 0 Å². The second-order valence-electron chi connectivity index (χ2n) is 10.6. The minimum Gasteiger partial charge on any atom is -0.354 e. The molecule has 0 aliphatic carbocycles. The van der Waals surface area contributed by atoms with Crippen LogP contribution in [0.15, 0.2) is 133 Å². The number of pyridine rings is 1. The molecule has 0 bridgehead atoms. The van der Waals surface area contributed by atoms with Crippen molar-refractivity contribution in [3.63, 3.8) is 0 Å². The van der Waals surface area contributed by atoms with E-state index < -0.39 is 0 Å². The molecule has 0 atom stereocenters. The molecule has 0 spiro atoms. The number of benzene rings is 7. The van der Waals surface area contributed by atoms with Gasteiger partial charge in [-0.15, -0.1) is 0 Å². The van der Waals surface area contributed by atoms with Crippen LogP contribution in [0.5, 0.6) is 0 Å². The fourth-order valence-electron chi connectivity index (χ4n) is 6.83. The Labute approximate surface area is 225 Å². The maximum absolute atomic E-state index is 3.78. The van der Waals surface area contributed by atoms with Crippen molar-refractivity contribution in [3.8, 4) is 22.3 Å². The minimum absolute atomic E-state index is 1.18. The molecule has 0 saturated carbocycles. The number of aromatic amines is 1. The summed E-state index contributed by atoms with van der Waals surface area (Å²) < 4.78 is 0. The fraction of sp³-hybridized carbons (Fsp3) is 0. The van der Waals surface area contributed by atoms with Gasteiger partial charge in [-0.25, -0.2) is 0 Å². The molecule has 9 rings (SSSR count). The molecule has 1 aromatic heterocycles. The molecule has 1 heterocycles. The average molecular weight is 494 g/mol. The molecule has 1 N–H and O–H groups in total. The summed E-state index contributed by atoms with van der Waals surface area (Å²) >= 11 is 0. The van der Waals surface area contributed by atoms with Gasteiger partial charge in [0.1, 0.15) is 0 Å². The molecule has 1 nitrogen and oxygen atoms in total. The zero-order chi connectivity index (χ0) is 25.5. The minimum atomic E-state index is 1.18. The van der Waals surface area contributed by atoms with E-state index in [4.69, 9.17) is 0 Å². The zero-order valence-corrected chi connectivity index (χ0v) is 21.2. The Morgan fingerprint density at radius 2 is 0.872 bits per heavy atom. The smallest absolute Gasteiger partial charge is 0.0471 e. The van der Waals surface area contributed by atoms with Gasteiger partial charge in [0.25, 0.3) is 0 Å². The monoisotopic (exact) mass is 493 g/mol. The van der Waals surface area contributed by atoms with Gasteiger partial charge in [0.2, 0.25) is 0 Å². The van der Waals surface area contributed by atoms with Gasteiger partial charge >= 0.3 is 0 Å². The first kappa shape index (κ1) is 20.9. The molecule has 0 radical (unpaired) electrons. The Morgan fingerprint density at radius 3 is 1.56 bits per heavy atom. The van der Waals surface area contributed by atoms with Crippen LogP contribution < -0.4 is 0 Å². The van der Waals surface area contributed by atoms with Crippen molar-refractivity contribution < 1.29 is 0 Å². The summed E-state index contributed by atoms with van der Waals surface area (Å²) in [5.41, 5.74) is 7.39. The van der Waals surface area contributed by atoms with Crippen molar-refractivity contribution in [1.29, 1.82) is 0 Å². The van der Waals surface area contributed by atoms with Gasteiger partial charge in [-0.1, -0.05) is 109 Å². The predicted octanol–water partition coefficient (Wildman–Crippen LogP) is 10.7. The molecular formula is C38H23N. The molecular weight excluding hydrogens is 470 g/mol. The molecule has 8 aromatic carbocycles. The Hall–Kier alpha value is -5.14. The quantitative estimate of drug-likeness (QED) is 0.182. The molecule has 0 saturated heterocycles. The van der Waals surface area contributed by atoms with Crippen LogP contribution in [0, 0.1) is 0 Å². The number of aromatic nitrogens is 1. The maximum atomic E-state index is 3.78. The number of nitrogens with one attached hydrogen (secondary N) is 1. The predicted molar refractivity (Wildman–Crippen MR) is 168 cm³/mol. The highest BCUT2D eigenvalue weighted by Gasteiger charge is 2.20. The number of hydrogen-bond acceptors (Lipinski definition) is 0. The van der Waals surface area contributed by atoms with Crippen molar-refractivity contribution in [2.75, 3.05) is 0 Å². The third-order valence-electron chi connectivity index (χ3n) is 8.54. The molecule has 9 aromatic rings. The lowest BCUT2D eigenvalue weighted by Gasteiger charge is -2.13. The van der Waals surface area contributed by atoms with E-state index in [1.807, 2.05) is 0 Å². The number of rotatable bonds is 2. The van der Waals surface area contributed by atoms with Gasteiger partial charge < -0.3 is 4.98 Å². The highest BCUT2D eigenvalue weighted by Crippen LogP contribution is 2.47. The lowest BCUT2D eigenvalue weighted by Crippen LogP contribution is -1.88. The van der Waals surface area contributed by atoms with Crippen molar-refractivity contribution in [1.82, 2.24) is 4.98 Å². The van der Waals surface area contributed by atoms with Crippen LogP contribution in [0.4, 0.5) is 0 Å². The Balaban J connectivity index is 1.47. The van der Waals surface area contributed by atoms with E-state index in [1.54, 1.807) is 0 Å². The summed E-state index contributed by atoms with van der Waals surface area (Å²) in [6, 6.07) is 48.9. The van der Waals surface area contributed by atoms with Crippen LogP contribution in [0.25, 0.3) is 87.1 Å². The number of hydrogen-bond donors (Lipinski definition) is 1. The van der Waals surface area contributed by atoms with Gasteiger partial charge in [-0.3, -0.25) is 0 Å². The largest absolute Gasteiger partial charge is 0.354 e. The van der Waals surface area contributed by atoms with Crippen molar-refractivity contribution in [3.05, 3.63) is 133 Å². The zero-order valence-electron chi connectivity index (χ0n) is 21.2. The van der Waals surface area contributed by atoms with Gasteiger partial charge in [0, 0.05) is 27.2 Å². The van der Waals surface area contributed by atoms with E-state index in [0.29, 0.717) is 0 Å². The van der Waals surface area contributed by atoms with E-state index >= 15 is 0 Å². The van der Waals surface area contributed by atoms with E-state index in [1.165, 1.54) is 87.1 Å². The van der Waals surface area contributed by atoms with Crippen LogP contribution in [-0.2, 0) is 0 Å². The second-order valence-corrected chi connectivity index (χ2v) is 10.6. The Bertz CT molecular complexity index is 2280. The van der Waals surface area contributed by atoms with Crippen LogP contribution in [0.3, 0.4) is 0 Å². The van der Waals surface area contributed by atoms with Crippen molar-refractivity contribution in [2.45, 2.75) is 0 Å². The number of fused-ring (bicyclic) bond motifs is 7. The van der Waals surface area contributed by atoms with Crippen molar-refractivity contribution >= 4 is 64.9 Å². The molecule has 39 heavy (non-hydrogen) atoms. The number of H-pyrrole nitrogens is 1. The van der Waals surface area contributed by atoms with E-state index in [0.717, 1.165) is 0 Å². The summed E-state index contributed by atoms with van der Waals surface area (Å²) in [6.07, 6.45) is 0. The third-order valence-corrected chi connectivity index (χ3v) is 8.54. The first-order valence-corrected chi connectivity index (χ1v) is 13.5. The van der Waals surface area contributed by atoms with Crippen LogP contribution >= 0.6 is 0 Å². The molecule has 0 aliphatic heterocycles. The van der Waals surface area contributed by atoms with Gasteiger partial charge in [-0.05, 0) is 84.2 Å². The first-order chi connectivity index (χ1) is 19.3. The van der Waals surface area contributed by atoms with Gasteiger partial charge in [0.05, 0.1) is 0 Å². The van der Waals surface area contributed by atoms with Gasteiger partial charge in [-0.2, -0.15) is 0 Å². The molecule has 0 amide bonds. The molecule has 0 unspecified atom stereocenters. The summed E-state index contributed by atoms with van der Waals surface area (Å²) in [5.74, 6) is 0. The third kappa shape index (κ3) is 2.85. The highest BCUT2D eigenvalue weighted by molar-refractivity contribution is 6.38. The standard InChI is InChI=1S/C38H23N/c1-3-9-23(10-4-1)30-21-32-27-16-17-29-36-26-14-8-7-13-25(26)15-19-34(36)39-35-20-18-28(37(27)38(29)35)33(32)22-31(30)24-11-5-2-6-12-24/h1-22,39H. The molecule has 0 fully saturated rings. The SMILES string of the molecule is c1ccc(-c2cc3c(cc2-c2ccccc2)c2ccc4c5c(ccc6ccccc65)[nH]c5ccc3c2c54)cc1. The molecule has 180 valence electrons. The normalized spacial score (nSPS) is 12.1. The Kier molecular flexibility index (Phi) is 4.11. The fourth-order valence-corrected chi connectivity index (χ4v) is 6.83. The van der Waals surface area contributed by atoms with E-state index in [2.05, 4.69) is 138 Å². The van der Waals surface area contributed by atoms with Crippen LogP contribution in [0.2, 0.25) is 0 Å². The van der Waals surface area contributed by atoms with E-state index in [-0.39, 0.29) is 0 Å². The topological polar surface area (TPSA) is 15.8 Å². The summed E-state index contributed by atoms with van der Waals surface area (Å²) in [4.78, 5) is 3.78. The van der Waals surface area contributed by atoms with Crippen LogP contribution in [0.1, 0.15) is 0 Å². The lowest BCUT2D eigenvalue weighted by molar-refractivity contribution is 1.52. The van der Waals surface area contributed by atoms with Crippen molar-refractivity contribution in [2.24, 2.45) is 0 Å². The molecule has 0 aliphatic rings. The lowest BCUT2D eigenvalue weighted by atomic mass is 9.92. The first-order valence-electron chi connectivity index (χ1n) is 13.5. The Morgan fingerprint density at radius 1 is 0.333 bits per heavy atom. The molecule has 1 heteroatoms. The maximum Gasteiger partial charge on any atom is 0.0471 e. The summed E-state index contributed by atoms with van der Waals surface area (Å²) in [7, 11) is 0. The van der Waals surface area contributed by atoms with E-state index in [9.17, 15) is 0 Å². The second kappa shape index (κ2) is 7.69.